The van der Waals surface area contributed by atoms with Crippen LogP contribution in [-0.4, -0.2) is 21.8 Å². The summed E-state index contributed by atoms with van der Waals surface area (Å²) in [6.07, 6.45) is 0. The van der Waals surface area contributed by atoms with Gasteiger partial charge in [-0.3, -0.25) is 4.79 Å². The molecule has 4 aromatic rings. The highest BCUT2D eigenvalue weighted by Gasteiger charge is 2.12. The number of aromatic hydroxyl groups is 1. The average Bonchev–Trinajstić information content (AvgIpc) is 3.13. The lowest BCUT2D eigenvalue weighted by Gasteiger charge is -2.08. The number of rotatable bonds is 5. The zero-order valence-corrected chi connectivity index (χ0v) is 16.2. The number of halogens is 1. The first kappa shape index (κ1) is 18.5. The Hall–Kier alpha value is -2.90. The molecule has 0 radical (unpaired) electrons. The Kier molecular flexibility index (Phi) is 5.27. The number of hydrogen-bond acceptors (Lipinski definition) is 5. The van der Waals surface area contributed by atoms with Crippen LogP contribution in [0.4, 0.5) is 10.1 Å². The van der Waals surface area contributed by atoms with Gasteiger partial charge in [0.15, 0.2) is 0 Å². The Labute approximate surface area is 169 Å². The summed E-state index contributed by atoms with van der Waals surface area (Å²) in [5, 5.41) is 13.8. The van der Waals surface area contributed by atoms with Crippen LogP contribution in [0.25, 0.3) is 20.8 Å². The first-order valence-electron chi connectivity index (χ1n) is 8.46. The van der Waals surface area contributed by atoms with Gasteiger partial charge in [-0.05, 0) is 54.6 Å². The second-order valence-corrected chi connectivity index (χ2v) is 8.09. The van der Waals surface area contributed by atoms with Gasteiger partial charge in [0.2, 0.25) is 5.91 Å². The molecule has 0 spiro atoms. The Morgan fingerprint density at radius 2 is 1.89 bits per heavy atom. The zero-order chi connectivity index (χ0) is 19.5. The average molecular weight is 410 g/mol. The van der Waals surface area contributed by atoms with Crippen LogP contribution in [-0.2, 0) is 4.79 Å². The highest BCUT2D eigenvalue weighted by molar-refractivity contribution is 8.00. The van der Waals surface area contributed by atoms with E-state index in [-0.39, 0.29) is 23.2 Å². The molecule has 28 heavy (non-hydrogen) atoms. The molecule has 0 atom stereocenters. The smallest absolute Gasteiger partial charge is 0.234 e. The predicted octanol–water partition coefficient (Wildman–Crippen LogP) is 5.54. The Balaban J connectivity index is 1.48. The van der Waals surface area contributed by atoms with E-state index in [9.17, 15) is 14.3 Å². The van der Waals surface area contributed by atoms with Crippen molar-refractivity contribution in [2.24, 2.45) is 0 Å². The summed E-state index contributed by atoms with van der Waals surface area (Å²) in [4.78, 5) is 17.6. The van der Waals surface area contributed by atoms with Crippen LogP contribution in [0.15, 0.2) is 71.6 Å². The topological polar surface area (TPSA) is 62.2 Å². The van der Waals surface area contributed by atoms with Gasteiger partial charge in [-0.1, -0.05) is 12.1 Å². The molecule has 4 rings (SSSR count). The number of carbonyl (C=O) groups is 1. The van der Waals surface area contributed by atoms with E-state index in [1.165, 1.54) is 35.2 Å². The molecule has 2 N–H and O–H groups in total. The number of phenolic OH excluding ortho intramolecular Hbond substituents is 1. The fraction of sp³-hybridized carbons (Fsp3) is 0.0476. The van der Waals surface area contributed by atoms with Crippen molar-refractivity contribution in [3.63, 3.8) is 0 Å². The van der Waals surface area contributed by atoms with Crippen molar-refractivity contribution in [3.05, 3.63) is 72.5 Å². The number of hydrogen-bond donors (Lipinski definition) is 2. The standard InChI is InChI=1S/C21H15FN2O2S2/c22-13-5-8-15(9-6-13)27-12-20(26)23-14-7-10-18(25)16(11-14)21-24-17-3-1-2-4-19(17)28-21/h1-11,25H,12H2,(H,23,26). The zero-order valence-electron chi connectivity index (χ0n) is 14.6. The third-order valence-corrected chi connectivity index (χ3v) is 6.07. The van der Waals surface area contributed by atoms with Crippen LogP contribution in [0, 0.1) is 5.82 Å². The van der Waals surface area contributed by atoms with Crippen LogP contribution >= 0.6 is 23.1 Å². The molecule has 3 aromatic carbocycles. The highest BCUT2D eigenvalue weighted by atomic mass is 32.2. The first-order chi connectivity index (χ1) is 13.6. The number of phenols is 1. The van der Waals surface area contributed by atoms with E-state index < -0.39 is 0 Å². The van der Waals surface area contributed by atoms with Gasteiger partial charge in [-0.25, -0.2) is 9.37 Å². The van der Waals surface area contributed by atoms with Gasteiger partial charge in [0.05, 0.1) is 21.5 Å². The molecule has 0 aliphatic carbocycles. The van der Waals surface area contributed by atoms with E-state index in [0.717, 1.165) is 15.1 Å². The molecule has 1 heterocycles. The lowest BCUT2D eigenvalue weighted by atomic mass is 10.2. The van der Waals surface area contributed by atoms with Crippen LogP contribution in [0.1, 0.15) is 0 Å². The van der Waals surface area contributed by atoms with Gasteiger partial charge in [0.1, 0.15) is 16.6 Å². The van der Waals surface area contributed by atoms with Crippen molar-refractivity contribution in [2.45, 2.75) is 4.90 Å². The fourth-order valence-electron chi connectivity index (χ4n) is 2.65. The monoisotopic (exact) mass is 410 g/mol. The van der Waals surface area contributed by atoms with Gasteiger partial charge in [-0.2, -0.15) is 0 Å². The molecule has 0 bridgehead atoms. The highest BCUT2D eigenvalue weighted by Crippen LogP contribution is 2.36. The quantitative estimate of drug-likeness (QED) is 0.335. The largest absolute Gasteiger partial charge is 0.507 e. The number of para-hydroxylation sites is 1. The Morgan fingerprint density at radius 3 is 2.68 bits per heavy atom. The first-order valence-corrected chi connectivity index (χ1v) is 10.3. The number of carbonyl (C=O) groups excluding carboxylic acids is 1. The summed E-state index contributed by atoms with van der Waals surface area (Å²) in [5.41, 5.74) is 2.02. The van der Waals surface area contributed by atoms with E-state index in [2.05, 4.69) is 10.3 Å². The van der Waals surface area contributed by atoms with Crippen LogP contribution in [0.3, 0.4) is 0 Å². The van der Waals surface area contributed by atoms with Gasteiger partial charge in [0, 0.05) is 10.6 Å². The summed E-state index contributed by atoms with van der Waals surface area (Å²) in [6, 6.07) is 18.7. The van der Waals surface area contributed by atoms with Crippen LogP contribution in [0.2, 0.25) is 0 Å². The summed E-state index contributed by atoms with van der Waals surface area (Å²) in [6.45, 7) is 0. The van der Waals surface area contributed by atoms with Crippen molar-refractivity contribution >= 4 is 44.9 Å². The predicted molar refractivity (Wildman–Crippen MR) is 112 cm³/mol. The van der Waals surface area contributed by atoms with Crippen LogP contribution in [0.5, 0.6) is 5.75 Å². The summed E-state index contributed by atoms with van der Waals surface area (Å²) >= 11 is 2.81. The molecular formula is C21H15FN2O2S2. The van der Waals surface area contributed by atoms with Gasteiger partial charge < -0.3 is 10.4 Å². The fourth-order valence-corrected chi connectivity index (χ4v) is 4.34. The minimum absolute atomic E-state index is 0.109. The molecule has 0 fully saturated rings. The number of benzene rings is 3. The maximum atomic E-state index is 12.9. The Morgan fingerprint density at radius 1 is 1.11 bits per heavy atom. The van der Waals surface area contributed by atoms with Crippen molar-refractivity contribution in [2.75, 3.05) is 11.1 Å². The number of nitrogens with zero attached hydrogens (tertiary/aromatic N) is 1. The number of amides is 1. The molecule has 4 nitrogen and oxygen atoms in total. The summed E-state index contributed by atoms with van der Waals surface area (Å²) in [7, 11) is 0. The number of anilines is 1. The normalized spacial score (nSPS) is 10.9. The van der Waals surface area contributed by atoms with E-state index >= 15 is 0 Å². The van der Waals surface area contributed by atoms with E-state index in [1.54, 1.807) is 30.3 Å². The number of thiazole rings is 1. The molecule has 0 saturated carbocycles. The third-order valence-electron chi connectivity index (χ3n) is 3.99. The lowest BCUT2D eigenvalue weighted by molar-refractivity contribution is -0.113. The minimum Gasteiger partial charge on any atom is -0.507 e. The molecular weight excluding hydrogens is 395 g/mol. The van der Waals surface area contributed by atoms with E-state index in [0.29, 0.717) is 16.3 Å². The molecule has 1 amide bonds. The SMILES string of the molecule is O=C(CSc1ccc(F)cc1)Nc1ccc(O)c(-c2nc3ccccc3s2)c1. The molecule has 1 aromatic heterocycles. The molecule has 140 valence electrons. The van der Waals surface area contributed by atoms with Gasteiger partial charge >= 0.3 is 0 Å². The molecule has 0 saturated heterocycles. The van der Waals surface area contributed by atoms with E-state index in [4.69, 9.17) is 0 Å². The number of nitrogens with one attached hydrogen (secondary N) is 1. The van der Waals surface area contributed by atoms with Crippen LogP contribution < -0.4 is 5.32 Å². The summed E-state index contributed by atoms with van der Waals surface area (Å²) in [5.74, 6) is -0.184. The second-order valence-electron chi connectivity index (χ2n) is 6.01. The van der Waals surface area contributed by atoms with Crippen molar-refractivity contribution in [1.29, 1.82) is 0 Å². The maximum Gasteiger partial charge on any atom is 0.234 e. The third kappa shape index (κ3) is 4.16. The molecule has 7 heteroatoms. The number of aromatic nitrogens is 1. The van der Waals surface area contributed by atoms with Crippen molar-refractivity contribution in [1.82, 2.24) is 4.98 Å². The second kappa shape index (κ2) is 8.00. The minimum atomic E-state index is -0.305. The molecule has 0 aliphatic heterocycles. The summed E-state index contributed by atoms with van der Waals surface area (Å²) < 4.78 is 14.0. The lowest BCUT2D eigenvalue weighted by Crippen LogP contribution is -2.13. The molecule has 0 aliphatic rings. The van der Waals surface area contributed by atoms with Gasteiger partial charge in [-0.15, -0.1) is 23.1 Å². The van der Waals surface area contributed by atoms with Crippen molar-refractivity contribution < 1.29 is 14.3 Å². The molecule has 0 unspecified atom stereocenters. The van der Waals surface area contributed by atoms with Crippen molar-refractivity contribution in [3.8, 4) is 16.3 Å². The maximum absolute atomic E-state index is 12.9. The number of fused-ring (bicyclic) bond motifs is 1. The Bertz CT molecular complexity index is 1110. The number of thioether (sulfide) groups is 1. The van der Waals surface area contributed by atoms with Gasteiger partial charge in [0.25, 0.3) is 0 Å². The van der Waals surface area contributed by atoms with E-state index in [1.807, 2.05) is 24.3 Å².